The van der Waals surface area contributed by atoms with Crippen molar-refractivity contribution in [2.24, 2.45) is 0 Å². The third kappa shape index (κ3) is 3.44. The lowest BCUT2D eigenvalue weighted by Crippen LogP contribution is -1.99. The van der Waals surface area contributed by atoms with Crippen LogP contribution < -0.4 is 0 Å². The quantitative estimate of drug-likeness (QED) is 0.724. The number of benzene rings is 1. The van der Waals surface area contributed by atoms with Crippen molar-refractivity contribution in [3.63, 3.8) is 0 Å². The maximum absolute atomic E-state index is 10.4. The molecular weight excluding hydrogens is 176 g/mol. The Balaban J connectivity index is 2.58. The Hall–Kier alpha value is -1.57. The molecule has 0 fully saturated rings. The lowest BCUT2D eigenvalue weighted by molar-refractivity contribution is -0.136. The van der Waals surface area contributed by atoms with Crippen molar-refractivity contribution in [3.05, 3.63) is 48.0 Å². The lowest BCUT2D eigenvalue weighted by atomic mass is 10.1. The molecule has 0 aliphatic rings. The van der Waals surface area contributed by atoms with Crippen LogP contribution in [0.5, 0.6) is 0 Å². The Morgan fingerprint density at radius 1 is 1.29 bits per heavy atom. The van der Waals surface area contributed by atoms with Crippen LogP contribution in [0.1, 0.15) is 17.5 Å². The molecule has 0 saturated heterocycles. The highest BCUT2D eigenvalue weighted by Crippen LogP contribution is 2.07. The Kier molecular flexibility index (Phi) is 3.92. The van der Waals surface area contributed by atoms with Gasteiger partial charge in [-0.1, -0.05) is 30.3 Å². The molecule has 0 spiro atoms. The first-order valence-electron chi connectivity index (χ1n) is 4.63. The van der Waals surface area contributed by atoms with Gasteiger partial charge in [-0.25, -0.2) is 0 Å². The van der Waals surface area contributed by atoms with Gasteiger partial charge in [0.1, 0.15) is 0 Å². The van der Waals surface area contributed by atoms with Crippen molar-refractivity contribution in [2.45, 2.75) is 19.3 Å². The minimum Gasteiger partial charge on any atom is -0.481 e. The van der Waals surface area contributed by atoms with E-state index in [1.54, 1.807) is 0 Å². The van der Waals surface area contributed by atoms with Crippen molar-refractivity contribution in [1.29, 1.82) is 0 Å². The molecule has 0 atom stereocenters. The summed E-state index contributed by atoms with van der Waals surface area (Å²) in [6.45, 7) is 3.65. The van der Waals surface area contributed by atoms with Gasteiger partial charge in [-0.05, 0) is 24.0 Å². The van der Waals surface area contributed by atoms with E-state index < -0.39 is 5.97 Å². The number of carbonyl (C=O) groups is 1. The molecule has 0 aliphatic carbocycles. The lowest BCUT2D eigenvalue weighted by Gasteiger charge is -2.00. The molecule has 1 rings (SSSR count). The van der Waals surface area contributed by atoms with Gasteiger partial charge in [-0.15, -0.1) is 6.58 Å². The first kappa shape index (κ1) is 10.5. The van der Waals surface area contributed by atoms with Gasteiger partial charge in [0.15, 0.2) is 0 Å². The summed E-state index contributed by atoms with van der Waals surface area (Å²) in [5, 5.41) is 8.56. The van der Waals surface area contributed by atoms with Crippen molar-refractivity contribution in [1.82, 2.24) is 0 Å². The molecule has 0 amide bonds. The Morgan fingerprint density at radius 3 is 2.36 bits per heavy atom. The fraction of sp³-hybridized carbons (Fsp3) is 0.250. The fourth-order valence-electron chi connectivity index (χ4n) is 1.27. The molecule has 1 aromatic rings. The van der Waals surface area contributed by atoms with Gasteiger partial charge in [0.25, 0.3) is 0 Å². The van der Waals surface area contributed by atoms with E-state index >= 15 is 0 Å². The second-order valence-electron chi connectivity index (χ2n) is 3.21. The average molecular weight is 190 g/mol. The summed E-state index contributed by atoms with van der Waals surface area (Å²) in [6.07, 6.45) is 3.90. The number of rotatable bonds is 5. The van der Waals surface area contributed by atoms with Crippen molar-refractivity contribution >= 4 is 5.97 Å². The van der Waals surface area contributed by atoms with Crippen LogP contribution in [0.25, 0.3) is 0 Å². The van der Waals surface area contributed by atoms with Crippen LogP contribution in [0.15, 0.2) is 36.9 Å². The first-order valence-corrected chi connectivity index (χ1v) is 4.63. The molecule has 0 aliphatic heterocycles. The van der Waals surface area contributed by atoms with Gasteiger partial charge in [0.05, 0.1) is 6.42 Å². The molecule has 0 aromatic heterocycles. The highest BCUT2D eigenvalue weighted by molar-refractivity contribution is 5.70. The van der Waals surface area contributed by atoms with E-state index in [4.69, 9.17) is 5.11 Å². The first-order chi connectivity index (χ1) is 6.72. The molecule has 2 heteroatoms. The smallest absolute Gasteiger partial charge is 0.307 e. The van der Waals surface area contributed by atoms with Crippen molar-refractivity contribution in [3.8, 4) is 0 Å². The monoisotopic (exact) mass is 190 g/mol. The zero-order valence-electron chi connectivity index (χ0n) is 8.07. The second kappa shape index (κ2) is 5.22. The Bertz CT molecular complexity index is 312. The topological polar surface area (TPSA) is 37.3 Å². The molecule has 0 heterocycles. The number of hydrogen-bond acceptors (Lipinski definition) is 1. The van der Waals surface area contributed by atoms with Crippen LogP contribution in [0.4, 0.5) is 0 Å². The highest BCUT2D eigenvalue weighted by atomic mass is 16.4. The molecule has 0 unspecified atom stereocenters. The van der Waals surface area contributed by atoms with Gasteiger partial charge in [-0.3, -0.25) is 4.79 Å². The minimum absolute atomic E-state index is 0.0989. The summed E-state index contributed by atoms with van der Waals surface area (Å²) in [7, 11) is 0. The van der Waals surface area contributed by atoms with Crippen molar-refractivity contribution in [2.75, 3.05) is 0 Å². The highest BCUT2D eigenvalue weighted by Gasteiger charge is 1.99. The van der Waals surface area contributed by atoms with E-state index in [9.17, 15) is 4.79 Å². The zero-order chi connectivity index (χ0) is 10.4. The largest absolute Gasteiger partial charge is 0.481 e. The molecule has 74 valence electrons. The molecular formula is C12H14O2. The van der Waals surface area contributed by atoms with Crippen LogP contribution in [0.3, 0.4) is 0 Å². The normalized spacial score (nSPS) is 9.71. The molecule has 1 N–H and O–H groups in total. The van der Waals surface area contributed by atoms with Crippen LogP contribution in [-0.4, -0.2) is 11.1 Å². The number of aliphatic carboxylic acids is 1. The third-order valence-electron chi connectivity index (χ3n) is 2.02. The Labute approximate surface area is 83.9 Å². The predicted octanol–water partition coefficient (Wildman–Crippen LogP) is 2.43. The van der Waals surface area contributed by atoms with Crippen LogP contribution in [-0.2, 0) is 17.6 Å². The number of hydrogen-bond donors (Lipinski definition) is 1. The summed E-state index contributed by atoms with van der Waals surface area (Å²) in [5.41, 5.74) is 2.07. The van der Waals surface area contributed by atoms with Crippen LogP contribution in [0, 0.1) is 0 Å². The van der Waals surface area contributed by atoms with Crippen LogP contribution in [0.2, 0.25) is 0 Å². The summed E-state index contributed by atoms with van der Waals surface area (Å²) in [4.78, 5) is 10.4. The summed E-state index contributed by atoms with van der Waals surface area (Å²) in [5.74, 6) is -0.788. The van der Waals surface area contributed by atoms with E-state index in [1.807, 2.05) is 30.3 Å². The van der Waals surface area contributed by atoms with Gasteiger partial charge < -0.3 is 5.11 Å². The summed E-state index contributed by atoms with van der Waals surface area (Å²) in [6, 6.07) is 7.68. The average Bonchev–Trinajstić information content (AvgIpc) is 2.16. The van der Waals surface area contributed by atoms with Crippen molar-refractivity contribution < 1.29 is 9.90 Å². The number of carboxylic acid groups (broad SMARTS) is 1. The van der Waals surface area contributed by atoms with E-state index in [0.29, 0.717) is 0 Å². The number of carboxylic acids is 1. The SMILES string of the molecule is C=CCCc1ccc(CC(=O)O)cc1. The van der Waals surface area contributed by atoms with Gasteiger partial charge in [0.2, 0.25) is 0 Å². The van der Waals surface area contributed by atoms with Gasteiger partial charge in [0, 0.05) is 0 Å². The van der Waals surface area contributed by atoms with Crippen LogP contribution >= 0.6 is 0 Å². The van der Waals surface area contributed by atoms with E-state index in [1.165, 1.54) is 5.56 Å². The second-order valence-corrected chi connectivity index (χ2v) is 3.21. The van der Waals surface area contributed by atoms with E-state index in [-0.39, 0.29) is 6.42 Å². The predicted molar refractivity (Wildman–Crippen MR) is 56.3 cm³/mol. The molecule has 14 heavy (non-hydrogen) atoms. The standard InChI is InChI=1S/C12H14O2/c1-2-3-4-10-5-7-11(8-6-10)9-12(13)14/h2,5-8H,1,3-4,9H2,(H,13,14). The maximum atomic E-state index is 10.4. The fourth-order valence-corrected chi connectivity index (χ4v) is 1.27. The number of allylic oxidation sites excluding steroid dienone is 1. The summed E-state index contributed by atoms with van der Waals surface area (Å²) < 4.78 is 0. The zero-order valence-corrected chi connectivity index (χ0v) is 8.07. The van der Waals surface area contributed by atoms with E-state index in [2.05, 4.69) is 6.58 Å². The molecule has 0 bridgehead atoms. The molecule has 0 saturated carbocycles. The third-order valence-corrected chi connectivity index (χ3v) is 2.02. The van der Waals surface area contributed by atoms with Gasteiger partial charge in [-0.2, -0.15) is 0 Å². The minimum atomic E-state index is -0.788. The molecule has 1 aromatic carbocycles. The Morgan fingerprint density at radius 2 is 1.86 bits per heavy atom. The molecule has 0 radical (unpaired) electrons. The van der Waals surface area contributed by atoms with E-state index in [0.717, 1.165) is 18.4 Å². The molecule has 2 nitrogen and oxygen atoms in total. The van der Waals surface area contributed by atoms with Gasteiger partial charge >= 0.3 is 5.97 Å². The maximum Gasteiger partial charge on any atom is 0.307 e. The number of aryl methyl sites for hydroxylation is 1. The summed E-state index contributed by atoms with van der Waals surface area (Å²) >= 11 is 0.